The van der Waals surface area contributed by atoms with E-state index in [2.05, 4.69) is 13.5 Å². The summed E-state index contributed by atoms with van der Waals surface area (Å²) in [7, 11) is 1.81. The van der Waals surface area contributed by atoms with Crippen molar-refractivity contribution in [1.82, 2.24) is 0 Å². The molecule has 1 saturated carbocycles. The fourth-order valence-corrected chi connectivity index (χ4v) is 2.09. The van der Waals surface area contributed by atoms with Gasteiger partial charge in [0.15, 0.2) is 0 Å². The van der Waals surface area contributed by atoms with Gasteiger partial charge in [0.2, 0.25) is 0 Å². The van der Waals surface area contributed by atoms with Gasteiger partial charge in [0.1, 0.15) is 0 Å². The Bertz CT molecular complexity index is 131. The van der Waals surface area contributed by atoms with E-state index in [4.69, 9.17) is 4.74 Å². The number of methoxy groups -OCH3 is 1. The van der Waals surface area contributed by atoms with E-state index in [1.54, 1.807) is 0 Å². The molecule has 1 rings (SSSR count). The maximum absolute atomic E-state index is 5.44. The minimum atomic E-state index is 0.418. The SMILES string of the molecule is C=CC1CCCC(C)C1OC. The average molecular weight is 154 g/mol. The summed E-state index contributed by atoms with van der Waals surface area (Å²) in [6, 6.07) is 0. The van der Waals surface area contributed by atoms with Crippen molar-refractivity contribution in [2.45, 2.75) is 32.3 Å². The third kappa shape index (κ3) is 1.84. The lowest BCUT2D eigenvalue weighted by Crippen LogP contribution is -2.32. The number of ether oxygens (including phenoxy) is 1. The van der Waals surface area contributed by atoms with E-state index >= 15 is 0 Å². The van der Waals surface area contributed by atoms with E-state index < -0.39 is 0 Å². The first kappa shape index (κ1) is 8.79. The van der Waals surface area contributed by atoms with Crippen LogP contribution in [0.3, 0.4) is 0 Å². The number of hydrogen-bond donors (Lipinski definition) is 0. The zero-order chi connectivity index (χ0) is 8.27. The first-order chi connectivity index (χ1) is 5.29. The maximum Gasteiger partial charge on any atom is 0.0659 e. The fourth-order valence-electron chi connectivity index (χ4n) is 2.09. The molecule has 0 aromatic rings. The minimum Gasteiger partial charge on any atom is -0.381 e. The van der Waals surface area contributed by atoms with E-state index in [9.17, 15) is 0 Å². The van der Waals surface area contributed by atoms with Gasteiger partial charge >= 0.3 is 0 Å². The van der Waals surface area contributed by atoms with Crippen molar-refractivity contribution in [3.8, 4) is 0 Å². The lowest BCUT2D eigenvalue weighted by atomic mass is 9.80. The topological polar surface area (TPSA) is 9.23 Å². The Morgan fingerprint density at radius 1 is 1.45 bits per heavy atom. The molecule has 1 aliphatic carbocycles. The van der Waals surface area contributed by atoms with Gasteiger partial charge in [-0.25, -0.2) is 0 Å². The molecule has 0 bridgehead atoms. The molecule has 0 radical (unpaired) electrons. The van der Waals surface area contributed by atoms with Crippen molar-refractivity contribution in [3.63, 3.8) is 0 Å². The van der Waals surface area contributed by atoms with Crippen molar-refractivity contribution < 1.29 is 4.74 Å². The van der Waals surface area contributed by atoms with Crippen molar-refractivity contribution in [2.24, 2.45) is 11.8 Å². The lowest BCUT2D eigenvalue weighted by Gasteiger charge is -2.33. The molecule has 1 nitrogen and oxygen atoms in total. The van der Waals surface area contributed by atoms with Crippen LogP contribution in [0.1, 0.15) is 26.2 Å². The van der Waals surface area contributed by atoms with E-state index in [1.165, 1.54) is 19.3 Å². The highest BCUT2D eigenvalue weighted by molar-refractivity contribution is 4.90. The molecule has 11 heavy (non-hydrogen) atoms. The van der Waals surface area contributed by atoms with Crippen LogP contribution >= 0.6 is 0 Å². The van der Waals surface area contributed by atoms with Gasteiger partial charge in [-0.15, -0.1) is 6.58 Å². The zero-order valence-corrected chi connectivity index (χ0v) is 7.55. The van der Waals surface area contributed by atoms with Crippen LogP contribution in [-0.2, 0) is 4.74 Å². The second kappa shape index (κ2) is 3.91. The van der Waals surface area contributed by atoms with E-state index in [0.717, 1.165) is 0 Å². The fraction of sp³-hybridized carbons (Fsp3) is 0.800. The van der Waals surface area contributed by atoms with Crippen LogP contribution in [0.5, 0.6) is 0 Å². The van der Waals surface area contributed by atoms with E-state index in [1.807, 2.05) is 13.2 Å². The first-order valence-corrected chi connectivity index (χ1v) is 4.45. The molecular formula is C10H18O. The maximum atomic E-state index is 5.44. The quantitative estimate of drug-likeness (QED) is 0.555. The van der Waals surface area contributed by atoms with Gasteiger partial charge in [-0.3, -0.25) is 0 Å². The van der Waals surface area contributed by atoms with Crippen LogP contribution in [0.25, 0.3) is 0 Å². The highest BCUT2D eigenvalue weighted by Gasteiger charge is 2.28. The molecule has 0 heterocycles. The highest BCUT2D eigenvalue weighted by atomic mass is 16.5. The second-order valence-corrected chi connectivity index (χ2v) is 3.51. The molecule has 0 aliphatic heterocycles. The molecule has 1 fully saturated rings. The molecule has 0 aromatic carbocycles. The molecular weight excluding hydrogens is 136 g/mol. The molecule has 1 heteroatoms. The molecule has 0 aromatic heterocycles. The predicted molar refractivity (Wildman–Crippen MR) is 47.5 cm³/mol. The van der Waals surface area contributed by atoms with Crippen LogP contribution in [0.2, 0.25) is 0 Å². The molecule has 0 saturated heterocycles. The molecule has 0 amide bonds. The van der Waals surface area contributed by atoms with Crippen LogP contribution in [0.15, 0.2) is 12.7 Å². The van der Waals surface area contributed by atoms with Gasteiger partial charge in [-0.2, -0.15) is 0 Å². The Kier molecular flexibility index (Phi) is 3.13. The normalized spacial score (nSPS) is 38.5. The lowest BCUT2D eigenvalue weighted by molar-refractivity contribution is 0.00295. The summed E-state index contributed by atoms with van der Waals surface area (Å²) in [5.74, 6) is 1.29. The van der Waals surface area contributed by atoms with Gasteiger partial charge in [-0.05, 0) is 18.8 Å². The van der Waals surface area contributed by atoms with Crippen LogP contribution in [0.4, 0.5) is 0 Å². The minimum absolute atomic E-state index is 0.418. The molecule has 64 valence electrons. The standard InChI is InChI=1S/C10H18O/c1-4-9-7-5-6-8(2)10(9)11-3/h4,8-10H,1,5-7H2,2-3H3. The number of rotatable bonds is 2. The molecule has 3 unspecified atom stereocenters. The zero-order valence-electron chi connectivity index (χ0n) is 7.55. The Morgan fingerprint density at radius 2 is 2.18 bits per heavy atom. The Morgan fingerprint density at radius 3 is 2.64 bits per heavy atom. The Balaban J connectivity index is 2.55. The smallest absolute Gasteiger partial charge is 0.0659 e. The Labute approximate surface area is 69.4 Å². The van der Waals surface area contributed by atoms with Crippen LogP contribution in [-0.4, -0.2) is 13.2 Å². The predicted octanol–water partition coefficient (Wildman–Crippen LogP) is 2.62. The van der Waals surface area contributed by atoms with E-state index in [-0.39, 0.29) is 0 Å². The molecule has 0 spiro atoms. The van der Waals surface area contributed by atoms with Gasteiger partial charge < -0.3 is 4.74 Å². The third-order valence-electron chi connectivity index (χ3n) is 2.75. The summed E-state index contributed by atoms with van der Waals surface area (Å²) in [6.07, 6.45) is 6.36. The van der Waals surface area contributed by atoms with Gasteiger partial charge in [0.25, 0.3) is 0 Å². The first-order valence-electron chi connectivity index (χ1n) is 4.45. The molecule has 1 aliphatic rings. The van der Waals surface area contributed by atoms with E-state index in [0.29, 0.717) is 17.9 Å². The summed E-state index contributed by atoms with van der Waals surface area (Å²) in [5.41, 5.74) is 0. The largest absolute Gasteiger partial charge is 0.381 e. The number of hydrogen-bond acceptors (Lipinski definition) is 1. The second-order valence-electron chi connectivity index (χ2n) is 3.51. The Hall–Kier alpha value is -0.300. The average Bonchev–Trinajstić information content (AvgIpc) is 2.04. The van der Waals surface area contributed by atoms with Gasteiger partial charge in [0.05, 0.1) is 6.10 Å². The highest BCUT2D eigenvalue weighted by Crippen LogP contribution is 2.31. The van der Waals surface area contributed by atoms with Gasteiger partial charge in [0, 0.05) is 13.0 Å². The van der Waals surface area contributed by atoms with Gasteiger partial charge in [-0.1, -0.05) is 19.4 Å². The molecule has 3 atom stereocenters. The summed E-state index contributed by atoms with van der Waals surface area (Å²) in [6.45, 7) is 6.10. The van der Waals surface area contributed by atoms with Crippen LogP contribution < -0.4 is 0 Å². The van der Waals surface area contributed by atoms with Crippen molar-refractivity contribution >= 4 is 0 Å². The van der Waals surface area contributed by atoms with Crippen molar-refractivity contribution in [3.05, 3.63) is 12.7 Å². The summed E-state index contributed by atoms with van der Waals surface area (Å²) in [4.78, 5) is 0. The van der Waals surface area contributed by atoms with Crippen molar-refractivity contribution in [1.29, 1.82) is 0 Å². The monoisotopic (exact) mass is 154 g/mol. The third-order valence-corrected chi connectivity index (χ3v) is 2.75. The summed E-state index contributed by atoms with van der Waals surface area (Å²) < 4.78 is 5.44. The summed E-state index contributed by atoms with van der Waals surface area (Å²) >= 11 is 0. The summed E-state index contributed by atoms with van der Waals surface area (Å²) in [5, 5.41) is 0. The van der Waals surface area contributed by atoms with Crippen molar-refractivity contribution in [2.75, 3.05) is 7.11 Å². The van der Waals surface area contributed by atoms with Crippen LogP contribution in [0, 0.1) is 11.8 Å². The molecule has 0 N–H and O–H groups in total.